The van der Waals surface area contributed by atoms with Gasteiger partial charge in [0.2, 0.25) is 0 Å². The molecule has 0 spiro atoms. The first-order valence-corrected chi connectivity index (χ1v) is 12.6. The van der Waals surface area contributed by atoms with Crippen LogP contribution in [-0.4, -0.2) is 35.6 Å². The van der Waals surface area contributed by atoms with Crippen LogP contribution < -0.4 is 9.47 Å². The molecule has 0 saturated carbocycles. The van der Waals surface area contributed by atoms with Gasteiger partial charge in [0.25, 0.3) is 0 Å². The molecule has 0 fully saturated rings. The van der Waals surface area contributed by atoms with Gasteiger partial charge >= 0.3 is 0 Å². The fourth-order valence-electron chi connectivity index (χ4n) is 3.48. The zero-order valence-corrected chi connectivity index (χ0v) is 22.5. The molecule has 0 aliphatic heterocycles. The summed E-state index contributed by atoms with van der Waals surface area (Å²) in [7, 11) is 0. The molecule has 2 aromatic carbocycles. The van der Waals surface area contributed by atoms with Crippen molar-refractivity contribution in [2.75, 3.05) is 13.2 Å². The van der Waals surface area contributed by atoms with E-state index in [1.54, 1.807) is 24.3 Å². The number of benzene rings is 2. The van der Waals surface area contributed by atoms with Crippen LogP contribution in [0.4, 0.5) is 0 Å². The van der Waals surface area contributed by atoms with E-state index < -0.39 is 17.6 Å². The minimum Gasteiger partial charge on any atom is -0.488 e. The van der Waals surface area contributed by atoms with Crippen LogP contribution in [-0.2, 0) is 5.41 Å². The van der Waals surface area contributed by atoms with E-state index in [-0.39, 0.29) is 13.2 Å². The van der Waals surface area contributed by atoms with Crippen LogP contribution in [0.25, 0.3) is 0 Å². The molecule has 2 atom stereocenters. The van der Waals surface area contributed by atoms with E-state index in [0.717, 1.165) is 24.0 Å². The highest BCUT2D eigenvalue weighted by Crippen LogP contribution is 2.43. The lowest BCUT2D eigenvalue weighted by Gasteiger charge is -2.28. The van der Waals surface area contributed by atoms with E-state index in [2.05, 4.69) is 0 Å². The third kappa shape index (κ3) is 7.55. The van der Waals surface area contributed by atoms with Crippen molar-refractivity contribution in [1.29, 1.82) is 0 Å². The van der Waals surface area contributed by atoms with Gasteiger partial charge in [-0.25, -0.2) is 0 Å². The predicted molar refractivity (Wildman–Crippen MR) is 138 cm³/mol. The summed E-state index contributed by atoms with van der Waals surface area (Å²) in [6.45, 7) is 8.24. The van der Waals surface area contributed by atoms with E-state index in [9.17, 15) is 10.2 Å². The van der Waals surface area contributed by atoms with Gasteiger partial charge in [-0.05, 0) is 48.2 Å². The highest BCUT2D eigenvalue weighted by Gasteiger charge is 2.28. The van der Waals surface area contributed by atoms with Crippen molar-refractivity contribution in [3.63, 3.8) is 0 Å². The molecule has 0 radical (unpaired) electrons. The molecule has 0 bridgehead atoms. The SMILES string of the molecule is CCCC(O)COc1c(Cl)cc(C(C)(C)c2cc(Cl)c(OCC(O)CCC)c(Cl)c2)cc1Cl. The lowest BCUT2D eigenvalue weighted by atomic mass is 9.78. The zero-order valence-electron chi connectivity index (χ0n) is 19.4. The van der Waals surface area contributed by atoms with E-state index in [4.69, 9.17) is 55.9 Å². The van der Waals surface area contributed by atoms with Crippen LogP contribution in [0.3, 0.4) is 0 Å². The topological polar surface area (TPSA) is 58.9 Å². The standard InChI is InChI=1S/C25H32Cl4O4/c1-5-7-17(30)13-32-23-19(26)9-15(10-20(23)27)25(3,4)16-11-21(28)24(22(29)12-16)33-14-18(31)8-6-2/h9-12,17-18,30-31H,5-8,13-14H2,1-4H3. The number of aliphatic hydroxyl groups excluding tert-OH is 2. The molecule has 0 aromatic heterocycles. The molecule has 0 saturated heterocycles. The van der Waals surface area contributed by atoms with Crippen LogP contribution >= 0.6 is 46.4 Å². The Morgan fingerprint density at radius 2 is 1.00 bits per heavy atom. The number of aliphatic hydroxyl groups is 2. The maximum absolute atomic E-state index is 9.93. The molecule has 2 unspecified atom stereocenters. The first kappa shape index (κ1) is 28.4. The molecule has 184 valence electrons. The van der Waals surface area contributed by atoms with Gasteiger partial charge in [0.1, 0.15) is 13.2 Å². The Kier molecular flexibility index (Phi) is 10.9. The highest BCUT2D eigenvalue weighted by molar-refractivity contribution is 6.38. The van der Waals surface area contributed by atoms with Gasteiger partial charge in [0.05, 0.1) is 32.3 Å². The molecule has 2 aromatic rings. The summed E-state index contributed by atoms with van der Waals surface area (Å²) in [5, 5.41) is 21.3. The van der Waals surface area contributed by atoms with Crippen LogP contribution in [0.1, 0.15) is 64.5 Å². The lowest BCUT2D eigenvalue weighted by Crippen LogP contribution is -2.21. The van der Waals surface area contributed by atoms with Crippen molar-refractivity contribution < 1.29 is 19.7 Å². The summed E-state index contributed by atoms with van der Waals surface area (Å²) in [6.07, 6.45) is 1.83. The summed E-state index contributed by atoms with van der Waals surface area (Å²) >= 11 is 25.9. The number of hydrogen-bond donors (Lipinski definition) is 2. The molecule has 0 amide bonds. The quantitative estimate of drug-likeness (QED) is 0.291. The smallest absolute Gasteiger partial charge is 0.156 e. The Morgan fingerprint density at radius 1 is 0.697 bits per heavy atom. The van der Waals surface area contributed by atoms with Crippen molar-refractivity contribution in [2.45, 2.75) is 71.0 Å². The molecule has 2 rings (SSSR count). The molecule has 0 aliphatic carbocycles. The average Bonchev–Trinajstić information content (AvgIpc) is 2.72. The van der Waals surface area contributed by atoms with Gasteiger partial charge in [-0.3, -0.25) is 0 Å². The van der Waals surface area contributed by atoms with Gasteiger partial charge in [-0.1, -0.05) is 86.9 Å². The fourth-order valence-corrected chi connectivity index (χ4v) is 4.67. The maximum Gasteiger partial charge on any atom is 0.156 e. The lowest BCUT2D eigenvalue weighted by molar-refractivity contribution is 0.0993. The van der Waals surface area contributed by atoms with Crippen molar-refractivity contribution >= 4 is 46.4 Å². The Morgan fingerprint density at radius 3 is 1.27 bits per heavy atom. The molecule has 0 heterocycles. The minimum absolute atomic E-state index is 0.121. The van der Waals surface area contributed by atoms with E-state index >= 15 is 0 Å². The van der Waals surface area contributed by atoms with Crippen LogP contribution in [0, 0.1) is 0 Å². The second-order valence-electron chi connectivity index (χ2n) is 8.67. The van der Waals surface area contributed by atoms with Crippen molar-refractivity contribution in [3.05, 3.63) is 55.5 Å². The normalized spacial score (nSPS) is 13.6. The Balaban J connectivity index is 2.28. The van der Waals surface area contributed by atoms with Gasteiger partial charge in [0, 0.05) is 5.41 Å². The average molecular weight is 538 g/mol. The zero-order chi connectivity index (χ0) is 24.8. The van der Waals surface area contributed by atoms with Gasteiger partial charge < -0.3 is 19.7 Å². The van der Waals surface area contributed by atoms with Crippen LogP contribution in [0.15, 0.2) is 24.3 Å². The van der Waals surface area contributed by atoms with Crippen LogP contribution in [0.5, 0.6) is 11.5 Å². The first-order chi connectivity index (χ1) is 15.5. The summed E-state index contributed by atoms with van der Waals surface area (Å²) in [6, 6.07) is 7.18. The second-order valence-corrected chi connectivity index (χ2v) is 10.3. The minimum atomic E-state index is -0.577. The number of hydrogen-bond acceptors (Lipinski definition) is 4. The molecule has 33 heavy (non-hydrogen) atoms. The Bertz CT molecular complexity index is 813. The third-order valence-corrected chi connectivity index (χ3v) is 6.65. The summed E-state index contributed by atoms with van der Waals surface area (Å²) in [4.78, 5) is 0. The van der Waals surface area contributed by atoms with Gasteiger partial charge in [0.15, 0.2) is 11.5 Å². The number of halogens is 4. The molecule has 4 nitrogen and oxygen atoms in total. The van der Waals surface area contributed by atoms with E-state index in [0.29, 0.717) is 44.4 Å². The fraction of sp³-hybridized carbons (Fsp3) is 0.520. The molecular formula is C25H32Cl4O4. The Hall–Kier alpha value is -0.880. The maximum atomic E-state index is 9.93. The van der Waals surface area contributed by atoms with Crippen molar-refractivity contribution in [1.82, 2.24) is 0 Å². The summed E-state index contributed by atoms with van der Waals surface area (Å²) in [5.74, 6) is 0.692. The van der Waals surface area contributed by atoms with Crippen molar-refractivity contribution in [2.24, 2.45) is 0 Å². The number of ether oxygens (including phenoxy) is 2. The first-order valence-electron chi connectivity index (χ1n) is 11.1. The molecule has 2 N–H and O–H groups in total. The third-order valence-electron chi connectivity index (χ3n) is 5.52. The van der Waals surface area contributed by atoms with Crippen LogP contribution in [0.2, 0.25) is 20.1 Å². The van der Waals surface area contributed by atoms with E-state index in [1.165, 1.54) is 0 Å². The van der Waals surface area contributed by atoms with Gasteiger partial charge in [-0.15, -0.1) is 0 Å². The van der Waals surface area contributed by atoms with Gasteiger partial charge in [-0.2, -0.15) is 0 Å². The van der Waals surface area contributed by atoms with E-state index in [1.807, 2.05) is 27.7 Å². The molecule has 0 aliphatic rings. The predicted octanol–water partition coefficient (Wildman–Crippen LogP) is 7.71. The summed E-state index contributed by atoms with van der Waals surface area (Å²) < 4.78 is 11.4. The summed E-state index contributed by atoms with van der Waals surface area (Å²) in [5.41, 5.74) is 1.15. The second kappa shape index (κ2) is 12.7. The largest absolute Gasteiger partial charge is 0.488 e. The molecule has 8 heteroatoms. The van der Waals surface area contributed by atoms with Crippen molar-refractivity contribution in [3.8, 4) is 11.5 Å². The Labute approximate surface area is 216 Å². The highest BCUT2D eigenvalue weighted by atomic mass is 35.5. The molecular weight excluding hydrogens is 506 g/mol. The monoisotopic (exact) mass is 536 g/mol. The number of rotatable bonds is 12.